The summed E-state index contributed by atoms with van der Waals surface area (Å²) in [5.41, 5.74) is 2.09. The highest BCUT2D eigenvalue weighted by Crippen LogP contribution is 2.22. The second-order valence-electron chi connectivity index (χ2n) is 4.61. The normalized spacial score (nSPS) is 10.5. The number of hydrogen-bond acceptors (Lipinski definition) is 2. The number of halogens is 2. The SMILES string of the molecule is O=C(Nc1ccccc1Cl)c1cc(-c2ccc(F)cc2)n[nH]1. The van der Waals surface area contributed by atoms with Crippen molar-refractivity contribution in [1.29, 1.82) is 0 Å². The summed E-state index contributed by atoms with van der Waals surface area (Å²) in [5, 5.41) is 9.87. The van der Waals surface area contributed by atoms with Gasteiger partial charge in [-0.3, -0.25) is 9.89 Å². The van der Waals surface area contributed by atoms with E-state index in [2.05, 4.69) is 15.5 Å². The van der Waals surface area contributed by atoms with E-state index in [1.165, 1.54) is 12.1 Å². The number of H-pyrrole nitrogens is 1. The van der Waals surface area contributed by atoms with E-state index in [1.54, 1.807) is 42.5 Å². The Hall–Kier alpha value is -2.66. The van der Waals surface area contributed by atoms with Crippen LogP contribution in [0.2, 0.25) is 5.02 Å². The Morgan fingerprint density at radius 3 is 2.59 bits per heavy atom. The molecule has 22 heavy (non-hydrogen) atoms. The number of aromatic amines is 1. The van der Waals surface area contributed by atoms with Gasteiger partial charge in [-0.1, -0.05) is 23.7 Å². The Morgan fingerprint density at radius 1 is 1.14 bits per heavy atom. The molecule has 1 amide bonds. The van der Waals surface area contributed by atoms with Crippen molar-refractivity contribution < 1.29 is 9.18 Å². The molecule has 4 nitrogen and oxygen atoms in total. The van der Waals surface area contributed by atoms with Crippen molar-refractivity contribution in [3.8, 4) is 11.3 Å². The van der Waals surface area contributed by atoms with E-state index in [0.29, 0.717) is 22.1 Å². The molecule has 0 radical (unpaired) electrons. The predicted molar refractivity (Wildman–Crippen MR) is 83.4 cm³/mol. The summed E-state index contributed by atoms with van der Waals surface area (Å²) in [6, 6.07) is 14.4. The molecule has 1 aromatic heterocycles. The van der Waals surface area contributed by atoms with Crippen molar-refractivity contribution in [2.75, 3.05) is 5.32 Å². The zero-order chi connectivity index (χ0) is 15.5. The number of nitrogens with zero attached hydrogens (tertiary/aromatic N) is 1. The van der Waals surface area contributed by atoms with Gasteiger partial charge in [0.25, 0.3) is 5.91 Å². The monoisotopic (exact) mass is 315 g/mol. The average molecular weight is 316 g/mol. The molecule has 0 aliphatic rings. The van der Waals surface area contributed by atoms with Crippen LogP contribution in [0.1, 0.15) is 10.5 Å². The zero-order valence-corrected chi connectivity index (χ0v) is 12.1. The Balaban J connectivity index is 1.80. The summed E-state index contributed by atoms with van der Waals surface area (Å²) in [6.45, 7) is 0. The fraction of sp³-hybridized carbons (Fsp3) is 0. The molecule has 3 aromatic rings. The minimum Gasteiger partial charge on any atom is -0.319 e. The molecule has 0 aliphatic heterocycles. The van der Waals surface area contributed by atoms with Crippen LogP contribution >= 0.6 is 11.6 Å². The van der Waals surface area contributed by atoms with E-state index in [0.717, 1.165) is 5.56 Å². The van der Waals surface area contributed by atoms with Crippen LogP contribution in [-0.2, 0) is 0 Å². The maximum Gasteiger partial charge on any atom is 0.273 e. The molecule has 0 bridgehead atoms. The number of hydrogen-bond donors (Lipinski definition) is 2. The number of carbonyl (C=O) groups is 1. The van der Waals surface area contributed by atoms with Gasteiger partial charge in [0.15, 0.2) is 0 Å². The third kappa shape index (κ3) is 2.99. The molecule has 6 heteroatoms. The van der Waals surface area contributed by atoms with Crippen LogP contribution in [0.5, 0.6) is 0 Å². The molecule has 0 saturated carbocycles. The summed E-state index contributed by atoms with van der Waals surface area (Å²) >= 11 is 6.00. The number of aromatic nitrogens is 2. The lowest BCUT2D eigenvalue weighted by Crippen LogP contribution is -2.12. The van der Waals surface area contributed by atoms with E-state index >= 15 is 0 Å². The van der Waals surface area contributed by atoms with Crippen molar-refractivity contribution in [3.63, 3.8) is 0 Å². The number of rotatable bonds is 3. The minimum absolute atomic E-state index is 0.291. The van der Waals surface area contributed by atoms with Gasteiger partial charge in [-0.25, -0.2) is 4.39 Å². The maximum atomic E-state index is 12.9. The molecule has 110 valence electrons. The molecular formula is C16H11ClFN3O. The van der Waals surface area contributed by atoms with Crippen LogP contribution in [0.25, 0.3) is 11.3 Å². The largest absolute Gasteiger partial charge is 0.319 e. The highest BCUT2D eigenvalue weighted by atomic mass is 35.5. The average Bonchev–Trinajstić information content (AvgIpc) is 3.00. The van der Waals surface area contributed by atoms with Gasteiger partial charge >= 0.3 is 0 Å². The molecule has 2 N–H and O–H groups in total. The second-order valence-corrected chi connectivity index (χ2v) is 5.01. The maximum absolute atomic E-state index is 12.9. The lowest BCUT2D eigenvalue weighted by Gasteiger charge is -2.04. The van der Waals surface area contributed by atoms with Crippen molar-refractivity contribution in [2.45, 2.75) is 0 Å². The minimum atomic E-state index is -0.353. The van der Waals surface area contributed by atoms with Crippen LogP contribution in [0, 0.1) is 5.82 Å². The summed E-state index contributed by atoms with van der Waals surface area (Å²) in [5.74, 6) is -0.676. The lowest BCUT2D eigenvalue weighted by atomic mass is 10.1. The summed E-state index contributed by atoms with van der Waals surface area (Å²) < 4.78 is 12.9. The first-order valence-electron chi connectivity index (χ1n) is 6.51. The zero-order valence-electron chi connectivity index (χ0n) is 11.3. The fourth-order valence-corrected chi connectivity index (χ4v) is 2.14. The van der Waals surface area contributed by atoms with E-state index in [9.17, 15) is 9.18 Å². The second kappa shape index (κ2) is 5.99. The summed E-state index contributed by atoms with van der Waals surface area (Å²) in [6.07, 6.45) is 0. The van der Waals surface area contributed by atoms with Gasteiger partial charge in [0.2, 0.25) is 0 Å². The van der Waals surface area contributed by atoms with Crippen LogP contribution in [0.4, 0.5) is 10.1 Å². The van der Waals surface area contributed by atoms with Gasteiger partial charge in [0.05, 0.1) is 16.4 Å². The van der Waals surface area contributed by atoms with Crippen LogP contribution in [0.15, 0.2) is 54.6 Å². The summed E-state index contributed by atoms with van der Waals surface area (Å²) in [7, 11) is 0. The van der Waals surface area contributed by atoms with E-state index < -0.39 is 0 Å². The van der Waals surface area contributed by atoms with Crippen molar-refractivity contribution in [1.82, 2.24) is 10.2 Å². The first-order valence-corrected chi connectivity index (χ1v) is 6.88. The first kappa shape index (κ1) is 14.3. The molecular weight excluding hydrogens is 305 g/mol. The molecule has 3 rings (SSSR count). The smallest absolute Gasteiger partial charge is 0.273 e. The predicted octanol–water partition coefficient (Wildman–Crippen LogP) is 4.12. The van der Waals surface area contributed by atoms with Gasteiger partial charge in [0, 0.05) is 5.56 Å². The first-order chi connectivity index (χ1) is 10.6. The van der Waals surface area contributed by atoms with Gasteiger partial charge in [0.1, 0.15) is 11.5 Å². The molecule has 0 unspecified atom stereocenters. The molecule has 0 spiro atoms. The van der Waals surface area contributed by atoms with Crippen molar-refractivity contribution >= 4 is 23.2 Å². The Kier molecular flexibility index (Phi) is 3.89. The number of benzene rings is 2. The third-order valence-electron chi connectivity index (χ3n) is 3.08. The van der Waals surface area contributed by atoms with Crippen molar-refractivity contribution in [3.05, 3.63) is 71.1 Å². The highest BCUT2D eigenvalue weighted by molar-refractivity contribution is 6.33. The quantitative estimate of drug-likeness (QED) is 0.763. The molecule has 0 saturated heterocycles. The van der Waals surface area contributed by atoms with Crippen molar-refractivity contribution in [2.24, 2.45) is 0 Å². The van der Waals surface area contributed by atoms with Gasteiger partial charge in [-0.15, -0.1) is 0 Å². The van der Waals surface area contributed by atoms with Crippen LogP contribution < -0.4 is 5.32 Å². The molecule has 0 atom stereocenters. The Bertz CT molecular complexity index is 814. The van der Waals surface area contributed by atoms with Crippen LogP contribution in [0.3, 0.4) is 0 Å². The van der Waals surface area contributed by atoms with Crippen LogP contribution in [-0.4, -0.2) is 16.1 Å². The Morgan fingerprint density at radius 2 is 1.86 bits per heavy atom. The fourth-order valence-electron chi connectivity index (χ4n) is 1.96. The number of anilines is 1. The van der Waals surface area contributed by atoms with E-state index in [-0.39, 0.29) is 11.7 Å². The number of carbonyl (C=O) groups excluding carboxylic acids is 1. The number of nitrogens with one attached hydrogen (secondary N) is 2. The lowest BCUT2D eigenvalue weighted by molar-refractivity contribution is 0.102. The molecule has 0 fully saturated rings. The number of amides is 1. The summed E-state index contributed by atoms with van der Waals surface area (Å²) in [4.78, 5) is 12.2. The molecule has 0 aliphatic carbocycles. The van der Waals surface area contributed by atoms with Gasteiger partial charge < -0.3 is 5.32 Å². The van der Waals surface area contributed by atoms with Gasteiger partial charge in [-0.05, 0) is 42.5 Å². The van der Waals surface area contributed by atoms with E-state index in [4.69, 9.17) is 11.6 Å². The van der Waals surface area contributed by atoms with Gasteiger partial charge in [-0.2, -0.15) is 5.10 Å². The van der Waals surface area contributed by atoms with E-state index in [1.807, 2.05) is 0 Å². The standard InChI is InChI=1S/C16H11ClFN3O/c17-12-3-1-2-4-13(12)19-16(22)15-9-14(20-21-15)10-5-7-11(18)8-6-10/h1-9H,(H,19,22)(H,20,21). The topological polar surface area (TPSA) is 57.8 Å². The Labute approximate surface area is 130 Å². The molecule has 2 aromatic carbocycles. The highest BCUT2D eigenvalue weighted by Gasteiger charge is 2.12. The third-order valence-corrected chi connectivity index (χ3v) is 3.41. The molecule has 1 heterocycles. The number of para-hydroxylation sites is 1.